The molecule has 0 rings (SSSR count). The van der Waals surface area contributed by atoms with Crippen LogP contribution in [0.3, 0.4) is 0 Å². The number of quaternary nitrogens is 1. The average Bonchev–Trinajstić information content (AvgIpc) is 3.58. The Morgan fingerprint density at radius 3 is 0.895 bits per heavy atom. The second kappa shape index (κ2) is 75.5. The summed E-state index contributed by atoms with van der Waals surface area (Å²) in [5, 5.41) is 9.77. The third-order valence-corrected chi connectivity index (χ3v) is 17.2. The van der Waals surface area contributed by atoms with Gasteiger partial charge in [0.05, 0.1) is 34.4 Å². The van der Waals surface area contributed by atoms with E-state index in [1.807, 2.05) is 21.1 Å². The van der Waals surface area contributed by atoms with E-state index in [9.17, 15) is 19.5 Å². The lowest BCUT2D eigenvalue weighted by Crippen LogP contribution is -2.40. The van der Waals surface area contributed by atoms with Gasteiger partial charge in [-0.2, -0.15) is 0 Å². The first-order valence-corrected chi connectivity index (χ1v) is 39.7. The molecule has 0 spiro atoms. The number of carboxylic acid groups (broad SMARTS) is 1. The quantitative estimate of drug-likeness (QED) is 0.0211. The summed E-state index contributed by atoms with van der Waals surface area (Å²) in [6, 6.07) is 0. The van der Waals surface area contributed by atoms with Gasteiger partial charge in [0.15, 0.2) is 6.10 Å². The van der Waals surface area contributed by atoms with Crippen molar-refractivity contribution < 1.29 is 42.9 Å². The summed E-state index contributed by atoms with van der Waals surface area (Å²) >= 11 is 0. The Morgan fingerprint density at radius 1 is 0.326 bits per heavy atom. The lowest BCUT2D eigenvalue weighted by molar-refractivity contribution is -0.870. The first-order chi connectivity index (χ1) is 46.6. The number of rotatable bonds is 73. The molecule has 0 radical (unpaired) electrons. The largest absolute Gasteiger partial charge is 0.477 e. The highest BCUT2D eigenvalue weighted by Gasteiger charge is 2.25. The molecule has 0 saturated carbocycles. The van der Waals surface area contributed by atoms with E-state index < -0.39 is 24.3 Å². The standard InChI is InChI=1S/C86H149NO8/c1-6-8-10-12-14-16-18-20-22-24-26-28-30-32-34-36-38-40-42-44-46-48-50-52-54-56-58-60-62-64-66-68-70-72-74-76-83(88)93-80-82(81-94-86(85(90)91)92-79-78-87(3,4)5)95-84(89)77-75-73-71-69-67-65-63-61-59-57-55-53-51-49-47-45-43-41-39-37-35-33-31-29-27-25-23-21-19-17-15-13-11-9-7-2/h9,11,15,17-18,20-21,23-24,26-27,29,33,35,39,41,45,47,51,53,82,86H,6-8,10,12-14,16,19,22,25,28,30-32,34,36-38,40,42-44,46,48-50,52,54-81H2,1-5H3/p+1/b11-9-,17-15-,20-18-,23-21-,26-24-,29-27-,35-33-,41-39-,47-45-,53-51-. The zero-order valence-electron chi connectivity index (χ0n) is 62.6. The molecule has 9 heteroatoms. The topological polar surface area (TPSA) is 108 Å². The van der Waals surface area contributed by atoms with Crippen LogP contribution in [0, 0.1) is 0 Å². The molecular formula is C86H150NO8+. The number of aliphatic carboxylic acids is 1. The molecule has 0 fully saturated rings. The zero-order valence-corrected chi connectivity index (χ0v) is 62.6. The van der Waals surface area contributed by atoms with E-state index in [2.05, 4.69) is 135 Å². The minimum atomic E-state index is -1.52. The van der Waals surface area contributed by atoms with Gasteiger partial charge in [0.2, 0.25) is 0 Å². The van der Waals surface area contributed by atoms with Gasteiger partial charge >= 0.3 is 17.9 Å². The number of carboxylic acids is 1. The molecule has 0 aliphatic rings. The predicted octanol–water partition coefficient (Wildman–Crippen LogP) is 25.5. The van der Waals surface area contributed by atoms with Crippen LogP contribution in [0.1, 0.15) is 348 Å². The van der Waals surface area contributed by atoms with E-state index in [1.165, 1.54) is 212 Å². The van der Waals surface area contributed by atoms with Crippen molar-refractivity contribution in [3.05, 3.63) is 122 Å². The number of unbranched alkanes of at least 4 members (excludes halogenated alkanes) is 38. The van der Waals surface area contributed by atoms with Gasteiger partial charge in [0.1, 0.15) is 13.2 Å². The Balaban J connectivity index is 4.06. The maximum Gasteiger partial charge on any atom is 0.361 e. The lowest BCUT2D eigenvalue weighted by atomic mass is 10.0. The van der Waals surface area contributed by atoms with Gasteiger partial charge in [0, 0.05) is 12.8 Å². The molecule has 0 heterocycles. The predicted molar refractivity (Wildman–Crippen MR) is 410 cm³/mol. The van der Waals surface area contributed by atoms with Crippen LogP contribution in [0.2, 0.25) is 0 Å². The lowest BCUT2D eigenvalue weighted by Gasteiger charge is -2.25. The molecule has 95 heavy (non-hydrogen) atoms. The second-order valence-electron chi connectivity index (χ2n) is 27.6. The van der Waals surface area contributed by atoms with E-state index in [0.717, 1.165) is 103 Å². The summed E-state index contributed by atoms with van der Waals surface area (Å²) < 4.78 is 23.0. The molecular weight excluding hydrogens is 1170 g/mol. The molecule has 546 valence electrons. The molecule has 0 aromatic rings. The van der Waals surface area contributed by atoms with Crippen molar-refractivity contribution in [2.75, 3.05) is 47.5 Å². The summed E-state index contributed by atoms with van der Waals surface area (Å²) in [6.07, 6.45) is 105. The average molecular weight is 1330 g/mol. The highest BCUT2D eigenvalue weighted by Crippen LogP contribution is 2.18. The molecule has 0 aliphatic carbocycles. The minimum Gasteiger partial charge on any atom is -0.477 e. The summed E-state index contributed by atoms with van der Waals surface area (Å²) in [6.45, 7) is 4.78. The van der Waals surface area contributed by atoms with Crippen LogP contribution in [0.5, 0.6) is 0 Å². The number of carbonyl (C=O) groups excluding carboxylic acids is 2. The number of ether oxygens (including phenoxy) is 4. The van der Waals surface area contributed by atoms with Crippen LogP contribution in [0.4, 0.5) is 0 Å². The fraction of sp³-hybridized carbons (Fsp3) is 0.733. The van der Waals surface area contributed by atoms with Crippen LogP contribution in [0.25, 0.3) is 0 Å². The molecule has 9 nitrogen and oxygen atoms in total. The first-order valence-electron chi connectivity index (χ1n) is 39.7. The first kappa shape index (κ1) is 90.7. The minimum absolute atomic E-state index is 0.183. The van der Waals surface area contributed by atoms with Crippen LogP contribution in [0.15, 0.2) is 122 Å². The smallest absolute Gasteiger partial charge is 0.361 e. The number of hydrogen-bond donors (Lipinski definition) is 1. The van der Waals surface area contributed by atoms with Crippen LogP contribution in [-0.2, 0) is 33.3 Å². The molecule has 1 N–H and O–H groups in total. The van der Waals surface area contributed by atoms with E-state index in [1.54, 1.807) is 0 Å². The van der Waals surface area contributed by atoms with Crippen molar-refractivity contribution >= 4 is 17.9 Å². The molecule has 0 aliphatic heterocycles. The Morgan fingerprint density at radius 2 is 0.600 bits per heavy atom. The molecule has 2 atom stereocenters. The molecule has 0 bridgehead atoms. The fourth-order valence-corrected chi connectivity index (χ4v) is 11.2. The highest BCUT2D eigenvalue weighted by atomic mass is 16.7. The number of likely N-dealkylation sites (N-methyl/N-ethyl adjacent to an activating group) is 1. The van der Waals surface area contributed by atoms with Crippen LogP contribution < -0.4 is 0 Å². The Labute approximate surface area is 587 Å². The van der Waals surface area contributed by atoms with E-state index in [0.29, 0.717) is 23.9 Å². The highest BCUT2D eigenvalue weighted by molar-refractivity contribution is 5.71. The third-order valence-electron chi connectivity index (χ3n) is 17.2. The maximum atomic E-state index is 13.0. The van der Waals surface area contributed by atoms with Gasteiger partial charge in [-0.15, -0.1) is 0 Å². The number of esters is 2. The van der Waals surface area contributed by atoms with Crippen molar-refractivity contribution in [2.24, 2.45) is 0 Å². The number of nitrogens with zero attached hydrogens (tertiary/aromatic N) is 1. The Kier molecular flexibility index (Phi) is 72.0. The summed E-state index contributed by atoms with van der Waals surface area (Å²) in [5.41, 5.74) is 0. The fourth-order valence-electron chi connectivity index (χ4n) is 11.2. The normalized spacial score (nSPS) is 13.3. The molecule has 0 saturated heterocycles. The maximum absolute atomic E-state index is 13.0. The van der Waals surface area contributed by atoms with Crippen molar-refractivity contribution in [1.82, 2.24) is 0 Å². The SMILES string of the molecule is CC/C=C\C/C=C\C/C=C\C/C=C\C/C=C\C/C=C\C/C=C\C/C=C\CCCCCCCCCCCCC(=O)OC(COC(=O)CCCCCCCCCCCCCCCCCCCCCCCCC/C=C\C/C=C\CCCCCCC)COC(OCC[N+](C)(C)C)C(=O)O. The van der Waals surface area contributed by atoms with Gasteiger partial charge in [-0.1, -0.05) is 347 Å². The van der Waals surface area contributed by atoms with Gasteiger partial charge in [-0.25, -0.2) is 4.79 Å². The van der Waals surface area contributed by atoms with E-state index in [-0.39, 0.29) is 32.2 Å². The van der Waals surface area contributed by atoms with Crippen LogP contribution >= 0.6 is 0 Å². The number of hydrogen-bond acceptors (Lipinski definition) is 7. The molecule has 0 aromatic carbocycles. The van der Waals surface area contributed by atoms with Crippen molar-refractivity contribution in [3.8, 4) is 0 Å². The number of allylic oxidation sites excluding steroid dienone is 20. The second-order valence-corrected chi connectivity index (χ2v) is 27.6. The monoisotopic (exact) mass is 1330 g/mol. The summed E-state index contributed by atoms with van der Waals surface area (Å²) in [7, 11) is 5.98. The van der Waals surface area contributed by atoms with Crippen molar-refractivity contribution in [3.63, 3.8) is 0 Å². The summed E-state index contributed by atoms with van der Waals surface area (Å²) in [5.74, 6) is -2.00. The van der Waals surface area contributed by atoms with Gasteiger partial charge in [-0.3, -0.25) is 9.59 Å². The van der Waals surface area contributed by atoms with E-state index in [4.69, 9.17) is 18.9 Å². The third kappa shape index (κ3) is 76.9. The van der Waals surface area contributed by atoms with Gasteiger partial charge < -0.3 is 28.5 Å². The Hall–Kier alpha value is -4.31. The van der Waals surface area contributed by atoms with E-state index >= 15 is 0 Å². The molecule has 2 unspecified atom stereocenters. The van der Waals surface area contributed by atoms with Gasteiger partial charge in [0.25, 0.3) is 6.29 Å². The molecule has 0 amide bonds. The van der Waals surface area contributed by atoms with Crippen LogP contribution in [-0.4, -0.2) is 87.4 Å². The Bertz CT molecular complexity index is 1980. The summed E-state index contributed by atoms with van der Waals surface area (Å²) in [4.78, 5) is 37.7. The van der Waals surface area contributed by atoms with Crippen molar-refractivity contribution in [2.45, 2.75) is 360 Å². The molecule has 0 aromatic heterocycles. The van der Waals surface area contributed by atoms with Gasteiger partial charge in [-0.05, 0) is 109 Å². The zero-order chi connectivity index (χ0) is 69.0. The van der Waals surface area contributed by atoms with Crippen molar-refractivity contribution in [1.29, 1.82) is 0 Å². The number of carbonyl (C=O) groups is 3.